The molecule has 2 N–H and O–H groups in total. The van der Waals surface area contributed by atoms with Crippen LogP contribution in [-0.4, -0.2) is 36.5 Å². The lowest BCUT2D eigenvalue weighted by Gasteiger charge is -2.39. The van der Waals surface area contributed by atoms with E-state index in [-0.39, 0.29) is 5.75 Å². The predicted octanol–water partition coefficient (Wildman–Crippen LogP) is 5.06. The number of benzene rings is 3. The molecular formula is C28H30F2N2O2. The largest absolute Gasteiger partial charge is 0.488 e. The van der Waals surface area contributed by atoms with Crippen LogP contribution in [0.5, 0.6) is 5.75 Å². The minimum atomic E-state index is -1.32. The van der Waals surface area contributed by atoms with Crippen LogP contribution in [0.15, 0.2) is 78.9 Å². The van der Waals surface area contributed by atoms with Crippen molar-refractivity contribution in [2.45, 2.75) is 37.2 Å². The summed E-state index contributed by atoms with van der Waals surface area (Å²) in [6, 6.07) is 22.0. The number of carbonyl (C=O) groups excluding carboxylic acids is 1. The minimum absolute atomic E-state index is 0.155. The van der Waals surface area contributed by atoms with E-state index in [1.807, 2.05) is 60.7 Å². The maximum Gasteiger partial charge on any atom is 0.236 e. The number of carbonyl (C=O) groups is 1. The number of rotatable bonds is 10. The summed E-state index contributed by atoms with van der Waals surface area (Å²) < 4.78 is 34.0. The van der Waals surface area contributed by atoms with Gasteiger partial charge in [-0.25, -0.2) is 8.78 Å². The van der Waals surface area contributed by atoms with Crippen LogP contribution >= 0.6 is 0 Å². The fourth-order valence-corrected chi connectivity index (χ4v) is 4.97. The second-order valence-corrected chi connectivity index (χ2v) is 8.78. The third kappa shape index (κ3) is 4.97. The van der Waals surface area contributed by atoms with Crippen LogP contribution in [0.1, 0.15) is 36.8 Å². The van der Waals surface area contributed by atoms with E-state index in [0.29, 0.717) is 17.5 Å². The average molecular weight is 465 g/mol. The Morgan fingerprint density at radius 3 is 2.03 bits per heavy atom. The maximum atomic E-state index is 14.0. The lowest BCUT2D eigenvalue weighted by atomic mass is 9.68. The quantitative estimate of drug-likeness (QED) is 0.456. The van der Waals surface area contributed by atoms with Gasteiger partial charge < -0.3 is 15.4 Å². The third-order valence-electron chi connectivity index (χ3n) is 6.64. The Morgan fingerprint density at radius 1 is 0.912 bits per heavy atom. The lowest BCUT2D eigenvalue weighted by molar-refractivity contribution is -0.125. The van der Waals surface area contributed by atoms with Crippen LogP contribution in [0.2, 0.25) is 0 Å². The Morgan fingerprint density at radius 2 is 1.50 bits per heavy atom. The van der Waals surface area contributed by atoms with Crippen molar-refractivity contribution in [3.63, 3.8) is 0 Å². The summed E-state index contributed by atoms with van der Waals surface area (Å²) in [5.74, 6) is -2.36. The summed E-state index contributed by atoms with van der Waals surface area (Å²) in [5, 5.41) is 0. The van der Waals surface area contributed by atoms with Crippen molar-refractivity contribution in [1.82, 2.24) is 4.90 Å². The zero-order chi connectivity index (χ0) is 24.0. The molecule has 3 aromatic rings. The van der Waals surface area contributed by atoms with Crippen molar-refractivity contribution >= 4 is 5.91 Å². The van der Waals surface area contributed by atoms with E-state index in [0.717, 1.165) is 38.2 Å². The van der Waals surface area contributed by atoms with Crippen molar-refractivity contribution in [1.29, 1.82) is 0 Å². The first-order valence-electron chi connectivity index (χ1n) is 11.8. The number of ether oxygens (including phenoxy) is 1. The molecule has 1 saturated heterocycles. The Hall–Kier alpha value is -3.25. The van der Waals surface area contributed by atoms with E-state index in [9.17, 15) is 13.6 Å². The van der Waals surface area contributed by atoms with Gasteiger partial charge in [0.05, 0.1) is 0 Å². The number of hydrogen-bond donors (Lipinski definition) is 1. The monoisotopic (exact) mass is 464 g/mol. The van der Waals surface area contributed by atoms with Gasteiger partial charge in [-0.15, -0.1) is 0 Å². The highest BCUT2D eigenvalue weighted by Gasteiger charge is 2.49. The number of likely N-dealkylation sites (tertiary alicyclic amines) is 1. The third-order valence-corrected chi connectivity index (χ3v) is 6.64. The molecule has 178 valence electrons. The van der Waals surface area contributed by atoms with E-state index >= 15 is 0 Å². The van der Waals surface area contributed by atoms with Gasteiger partial charge in [0.25, 0.3) is 0 Å². The smallest absolute Gasteiger partial charge is 0.236 e. The van der Waals surface area contributed by atoms with E-state index < -0.39 is 29.1 Å². The Kier molecular flexibility index (Phi) is 7.58. The molecule has 0 aromatic heterocycles. The molecule has 4 rings (SSSR count). The van der Waals surface area contributed by atoms with E-state index in [2.05, 4.69) is 4.90 Å². The molecule has 1 unspecified atom stereocenters. The molecule has 0 aliphatic carbocycles. The lowest BCUT2D eigenvalue weighted by Crippen LogP contribution is -2.53. The van der Waals surface area contributed by atoms with Gasteiger partial charge in [-0.2, -0.15) is 0 Å². The second-order valence-electron chi connectivity index (χ2n) is 8.78. The van der Waals surface area contributed by atoms with Crippen LogP contribution in [0.3, 0.4) is 0 Å². The highest BCUT2D eigenvalue weighted by molar-refractivity contribution is 5.91. The highest BCUT2D eigenvalue weighted by atomic mass is 19.2. The van der Waals surface area contributed by atoms with E-state index in [1.165, 1.54) is 18.9 Å². The molecule has 1 amide bonds. The first-order valence-corrected chi connectivity index (χ1v) is 11.8. The molecule has 1 fully saturated rings. The van der Waals surface area contributed by atoms with Gasteiger partial charge in [-0.3, -0.25) is 4.79 Å². The van der Waals surface area contributed by atoms with Crippen molar-refractivity contribution in [3.8, 4) is 5.75 Å². The van der Waals surface area contributed by atoms with Gasteiger partial charge >= 0.3 is 0 Å². The number of nitrogens with two attached hydrogens (primary N) is 1. The summed E-state index contributed by atoms with van der Waals surface area (Å²) in [6.07, 6.45) is 2.91. The molecule has 1 aliphatic rings. The van der Waals surface area contributed by atoms with Crippen LogP contribution in [0.4, 0.5) is 8.78 Å². The molecule has 0 bridgehead atoms. The molecule has 1 heterocycles. The number of nitrogens with zero attached hydrogens (tertiary/aromatic N) is 1. The number of primary amides is 1. The molecule has 4 nitrogen and oxygen atoms in total. The Balaban J connectivity index is 1.78. The molecule has 1 aliphatic heterocycles. The Bertz CT molecular complexity index is 1050. The number of hydrogen-bond acceptors (Lipinski definition) is 3. The fraction of sp³-hybridized carbons (Fsp3) is 0.321. The zero-order valence-electron chi connectivity index (χ0n) is 19.1. The summed E-state index contributed by atoms with van der Waals surface area (Å²) in [5.41, 5.74) is 6.25. The normalized spacial score (nSPS) is 15.2. The van der Waals surface area contributed by atoms with Crippen LogP contribution < -0.4 is 10.5 Å². The number of amides is 1. The summed E-state index contributed by atoms with van der Waals surface area (Å²) in [6.45, 7) is 3.00. The van der Waals surface area contributed by atoms with Crippen molar-refractivity contribution < 1.29 is 18.3 Å². The first kappa shape index (κ1) is 23.9. The van der Waals surface area contributed by atoms with Crippen molar-refractivity contribution in [2.75, 3.05) is 19.6 Å². The van der Waals surface area contributed by atoms with Crippen LogP contribution in [0.25, 0.3) is 0 Å². The van der Waals surface area contributed by atoms with Crippen LogP contribution in [0, 0.1) is 11.6 Å². The molecule has 6 heteroatoms. The molecular weight excluding hydrogens is 434 g/mol. The second kappa shape index (κ2) is 10.8. The molecule has 0 radical (unpaired) electrons. The predicted molar refractivity (Wildman–Crippen MR) is 129 cm³/mol. The molecule has 3 aromatic carbocycles. The minimum Gasteiger partial charge on any atom is -0.488 e. The molecule has 0 spiro atoms. The molecule has 34 heavy (non-hydrogen) atoms. The van der Waals surface area contributed by atoms with Gasteiger partial charge in [-0.05, 0) is 68.6 Å². The zero-order valence-corrected chi connectivity index (χ0v) is 19.1. The van der Waals surface area contributed by atoms with Crippen molar-refractivity contribution in [3.05, 3.63) is 102 Å². The van der Waals surface area contributed by atoms with Gasteiger partial charge in [-0.1, -0.05) is 60.7 Å². The van der Waals surface area contributed by atoms with Gasteiger partial charge in [0, 0.05) is 6.07 Å². The summed E-state index contributed by atoms with van der Waals surface area (Å²) in [7, 11) is 0. The van der Waals surface area contributed by atoms with Crippen molar-refractivity contribution in [2.24, 2.45) is 5.73 Å². The maximum absolute atomic E-state index is 14.0. The van der Waals surface area contributed by atoms with Gasteiger partial charge in [0.1, 0.15) is 17.3 Å². The standard InChI is InChI=1S/C28H30F2N2O2/c29-24-16-15-23(20-25(24)30)34-26(14-9-19-32-17-7-8-18-32)28(27(31)33,21-10-3-1-4-11-21)22-12-5-2-6-13-22/h1-6,10-13,15-16,20,26H,7-9,14,17-19H2,(H2,31,33). The number of halogens is 2. The fourth-order valence-electron chi connectivity index (χ4n) is 4.97. The summed E-state index contributed by atoms with van der Waals surface area (Å²) in [4.78, 5) is 15.8. The molecule has 0 saturated carbocycles. The topological polar surface area (TPSA) is 55.6 Å². The first-order chi connectivity index (χ1) is 16.5. The Labute approximate surface area is 199 Å². The average Bonchev–Trinajstić information content (AvgIpc) is 3.36. The van der Waals surface area contributed by atoms with Gasteiger partial charge in [0.15, 0.2) is 11.6 Å². The van der Waals surface area contributed by atoms with Gasteiger partial charge in [0.2, 0.25) is 5.91 Å². The van der Waals surface area contributed by atoms with Crippen LogP contribution in [-0.2, 0) is 10.2 Å². The van der Waals surface area contributed by atoms with E-state index in [1.54, 1.807) is 0 Å². The SMILES string of the molecule is NC(=O)C(c1ccccc1)(c1ccccc1)C(CCCN1CCCC1)Oc1ccc(F)c(F)c1. The summed E-state index contributed by atoms with van der Waals surface area (Å²) >= 11 is 0. The molecule has 1 atom stereocenters. The van der Waals surface area contributed by atoms with E-state index in [4.69, 9.17) is 10.5 Å². The highest BCUT2D eigenvalue weighted by Crippen LogP contribution is 2.40.